The number of pyridine rings is 1. The number of aromatic nitrogens is 1. The van der Waals surface area contributed by atoms with Gasteiger partial charge in [-0.25, -0.2) is 4.98 Å². The van der Waals surface area contributed by atoms with Crippen molar-refractivity contribution < 1.29 is 4.79 Å². The topological polar surface area (TPSA) is 105 Å². The van der Waals surface area contributed by atoms with Crippen LogP contribution < -0.4 is 16.4 Å². The van der Waals surface area contributed by atoms with Gasteiger partial charge in [0, 0.05) is 30.7 Å². The molecular weight excluding hydrogens is 340 g/mol. The van der Waals surface area contributed by atoms with Gasteiger partial charge in [0.05, 0.1) is 28.9 Å². The molecule has 0 saturated heterocycles. The molecule has 0 radical (unpaired) electrons. The molecule has 0 bridgehead atoms. The van der Waals surface area contributed by atoms with E-state index in [0.717, 1.165) is 11.1 Å². The van der Waals surface area contributed by atoms with E-state index in [1.807, 2.05) is 30.3 Å². The summed E-state index contributed by atoms with van der Waals surface area (Å²) in [7, 11) is 0. The van der Waals surface area contributed by atoms with Crippen molar-refractivity contribution in [2.45, 2.75) is 13.5 Å². The number of nitrogens with one attached hydrogen (secondary N) is 2. The first kappa shape index (κ1) is 18.1. The number of amides is 1. The van der Waals surface area contributed by atoms with Crippen LogP contribution >= 0.6 is 0 Å². The molecule has 1 aliphatic heterocycles. The fourth-order valence-electron chi connectivity index (χ4n) is 2.74. The molecule has 0 saturated carbocycles. The fraction of sp³-hybridized carbons (Fsp3) is 0.100. The van der Waals surface area contributed by atoms with Gasteiger partial charge in [0.25, 0.3) is 5.91 Å². The fourth-order valence-corrected chi connectivity index (χ4v) is 2.74. The number of fused-ring (bicyclic) bond motifs is 1. The third kappa shape index (κ3) is 3.92. The van der Waals surface area contributed by atoms with Crippen LogP contribution in [0.3, 0.4) is 0 Å². The molecule has 1 aromatic heterocycles. The molecule has 0 spiro atoms. The first-order valence-corrected chi connectivity index (χ1v) is 8.37. The van der Waals surface area contributed by atoms with Gasteiger partial charge in [0.1, 0.15) is 5.82 Å². The Morgan fingerprint density at radius 1 is 1.37 bits per heavy atom. The molecule has 0 unspecified atom stereocenters. The Hall–Kier alpha value is -3.74. The number of nitrogens with zero attached hydrogens (tertiary/aromatic N) is 3. The number of carbonyl (C=O) groups excluding carboxylic acids is 1. The van der Waals surface area contributed by atoms with Crippen molar-refractivity contribution in [2.24, 2.45) is 15.7 Å². The smallest absolute Gasteiger partial charge is 0.254 e. The highest BCUT2D eigenvalue weighted by Gasteiger charge is 2.26. The van der Waals surface area contributed by atoms with E-state index in [1.165, 1.54) is 12.4 Å². The summed E-state index contributed by atoms with van der Waals surface area (Å²) in [5.41, 5.74) is 9.65. The lowest BCUT2D eigenvalue weighted by Crippen LogP contribution is -2.13. The van der Waals surface area contributed by atoms with E-state index in [9.17, 15) is 4.79 Å². The van der Waals surface area contributed by atoms with Gasteiger partial charge in [-0.05, 0) is 30.7 Å². The number of allylic oxidation sites excluding steroid dienone is 1. The summed E-state index contributed by atoms with van der Waals surface area (Å²) >= 11 is 0. The lowest BCUT2D eigenvalue weighted by atomic mass is 9.98. The van der Waals surface area contributed by atoms with Crippen LogP contribution in [0, 0.1) is 0 Å². The van der Waals surface area contributed by atoms with Gasteiger partial charge in [-0.3, -0.25) is 14.8 Å². The van der Waals surface area contributed by atoms with Gasteiger partial charge in [-0.1, -0.05) is 18.7 Å². The molecule has 4 N–H and O–H groups in total. The number of benzene rings is 1. The number of aliphatic imine (C=N–C) groups is 2. The summed E-state index contributed by atoms with van der Waals surface area (Å²) in [4.78, 5) is 25.3. The van der Waals surface area contributed by atoms with E-state index < -0.39 is 0 Å². The molecule has 0 fully saturated rings. The third-order valence-corrected chi connectivity index (χ3v) is 4.03. The zero-order valence-corrected chi connectivity index (χ0v) is 14.9. The van der Waals surface area contributed by atoms with Gasteiger partial charge in [-0.15, -0.1) is 0 Å². The predicted molar refractivity (Wildman–Crippen MR) is 108 cm³/mol. The van der Waals surface area contributed by atoms with E-state index in [2.05, 4.69) is 32.2 Å². The first-order chi connectivity index (χ1) is 13.1. The van der Waals surface area contributed by atoms with Crippen molar-refractivity contribution in [1.82, 2.24) is 10.3 Å². The highest BCUT2D eigenvalue weighted by atomic mass is 16.1. The normalized spacial score (nSPS) is 14.2. The molecular formula is C20H20N6O. The first-order valence-electron chi connectivity index (χ1n) is 8.37. The minimum atomic E-state index is -0.141. The molecule has 1 amide bonds. The number of rotatable bonds is 6. The van der Waals surface area contributed by atoms with Gasteiger partial charge < -0.3 is 16.4 Å². The number of nitrogens with two attached hydrogens (primary N) is 1. The number of hydrogen-bond acceptors (Lipinski definition) is 6. The van der Waals surface area contributed by atoms with Crippen LogP contribution in [-0.4, -0.2) is 22.8 Å². The summed E-state index contributed by atoms with van der Waals surface area (Å²) < 4.78 is 0. The molecule has 7 heteroatoms. The van der Waals surface area contributed by atoms with Crippen LogP contribution in [0.4, 0.5) is 11.5 Å². The molecule has 2 heterocycles. The number of anilines is 2. The lowest BCUT2D eigenvalue weighted by molar-refractivity contribution is 0.0966. The molecule has 27 heavy (non-hydrogen) atoms. The van der Waals surface area contributed by atoms with E-state index in [1.54, 1.807) is 19.3 Å². The highest BCUT2D eigenvalue weighted by molar-refractivity contribution is 6.39. The number of hydrogen-bond donors (Lipinski definition) is 3. The van der Waals surface area contributed by atoms with Crippen molar-refractivity contribution in [2.75, 3.05) is 5.32 Å². The summed E-state index contributed by atoms with van der Waals surface area (Å²) in [6.07, 6.45) is 6.16. The van der Waals surface area contributed by atoms with Gasteiger partial charge in [-0.2, -0.15) is 0 Å². The molecule has 0 aliphatic carbocycles. The second-order valence-corrected chi connectivity index (χ2v) is 5.80. The van der Waals surface area contributed by atoms with Crippen molar-refractivity contribution in [3.8, 4) is 0 Å². The predicted octanol–water partition coefficient (Wildman–Crippen LogP) is 2.89. The zero-order chi connectivity index (χ0) is 19.2. The van der Waals surface area contributed by atoms with Crippen molar-refractivity contribution in [3.63, 3.8) is 0 Å². The van der Waals surface area contributed by atoms with Crippen molar-refractivity contribution in [3.05, 3.63) is 77.9 Å². The average Bonchev–Trinajstić information content (AvgIpc) is 3.08. The van der Waals surface area contributed by atoms with Crippen LogP contribution in [0.15, 0.2) is 71.2 Å². The Morgan fingerprint density at radius 2 is 2.22 bits per heavy atom. The Kier molecular flexibility index (Phi) is 5.41. The molecule has 3 rings (SSSR count). The lowest BCUT2D eigenvalue weighted by Gasteiger charge is -2.12. The largest absolute Gasteiger partial charge is 0.403 e. The second kappa shape index (κ2) is 8.09. The molecule has 1 aromatic carbocycles. The molecule has 1 aliphatic rings. The summed E-state index contributed by atoms with van der Waals surface area (Å²) in [5, 5.41) is 6.07. The van der Waals surface area contributed by atoms with Gasteiger partial charge in [0.2, 0.25) is 0 Å². The molecule has 2 aromatic rings. The van der Waals surface area contributed by atoms with Gasteiger partial charge >= 0.3 is 0 Å². The Bertz CT molecular complexity index is 960. The van der Waals surface area contributed by atoms with Crippen LogP contribution in [0.2, 0.25) is 0 Å². The zero-order valence-electron chi connectivity index (χ0n) is 14.9. The Labute approximate surface area is 157 Å². The number of carbonyl (C=O) groups is 1. The summed E-state index contributed by atoms with van der Waals surface area (Å²) in [5.74, 6) is 0.524. The van der Waals surface area contributed by atoms with Crippen molar-refractivity contribution >= 4 is 29.3 Å². The third-order valence-electron chi connectivity index (χ3n) is 4.03. The molecule has 7 nitrogen and oxygen atoms in total. The van der Waals surface area contributed by atoms with E-state index in [0.29, 0.717) is 35.0 Å². The van der Waals surface area contributed by atoms with E-state index >= 15 is 0 Å². The Morgan fingerprint density at radius 3 is 2.93 bits per heavy atom. The minimum Gasteiger partial charge on any atom is -0.403 e. The van der Waals surface area contributed by atoms with E-state index in [-0.39, 0.29) is 5.91 Å². The monoisotopic (exact) mass is 360 g/mol. The van der Waals surface area contributed by atoms with Gasteiger partial charge in [0.15, 0.2) is 0 Å². The molecule has 0 atom stereocenters. The summed E-state index contributed by atoms with van der Waals surface area (Å²) in [6, 6.07) is 9.29. The van der Waals surface area contributed by atoms with Crippen LogP contribution in [0.25, 0.3) is 0 Å². The maximum absolute atomic E-state index is 12.4. The SMILES string of the molecule is C=CN=C(C=NC(C)=CN)c1ccc(Nc2ccccn2)c2c1CNC2=O. The second-order valence-electron chi connectivity index (χ2n) is 5.80. The standard InChI is InChI=1S/C20H20N6O/c1-3-22-17(12-24-13(2)10-21)14-7-8-16(19-15(14)11-25-20(19)27)26-18-6-4-5-9-23-18/h3-10,12H,1,11,21H2,2H3,(H,23,26)(H,25,27). The molecule has 136 valence electrons. The highest BCUT2D eigenvalue weighted by Crippen LogP contribution is 2.30. The minimum absolute atomic E-state index is 0.141. The van der Waals surface area contributed by atoms with Crippen LogP contribution in [0.1, 0.15) is 28.4 Å². The van der Waals surface area contributed by atoms with Crippen LogP contribution in [0.5, 0.6) is 0 Å². The van der Waals surface area contributed by atoms with Crippen LogP contribution in [-0.2, 0) is 6.54 Å². The quantitative estimate of drug-likeness (QED) is 0.689. The van der Waals surface area contributed by atoms with E-state index in [4.69, 9.17) is 5.73 Å². The Balaban J connectivity index is 2.05. The van der Waals surface area contributed by atoms with Crippen molar-refractivity contribution in [1.29, 1.82) is 0 Å². The maximum atomic E-state index is 12.4. The summed E-state index contributed by atoms with van der Waals surface area (Å²) in [6.45, 7) is 5.87. The average molecular weight is 360 g/mol. The maximum Gasteiger partial charge on any atom is 0.254 e.